The predicted octanol–water partition coefficient (Wildman–Crippen LogP) is 1.44. The number of carbonyl (C=O) groups excluding carboxylic acids is 2. The van der Waals surface area contributed by atoms with Crippen molar-refractivity contribution < 1.29 is 14.3 Å². The number of ether oxygens (including phenoxy) is 1. The van der Waals surface area contributed by atoms with Crippen molar-refractivity contribution in [2.45, 2.75) is 23.8 Å². The molecule has 1 atom stereocenters. The zero-order valence-electron chi connectivity index (χ0n) is 14.4. The van der Waals surface area contributed by atoms with Gasteiger partial charge in [0.25, 0.3) is 5.91 Å². The molecule has 140 valence electrons. The standard InChI is InChI=1S/C17H25N3O3S.ClH/c1-23-10-9-19-16(21)12-24-15-7-3-2-6-14(15)17(22)20-11-13-5-4-8-18-13;/h2-3,6-7,13,18H,4-5,8-12H2,1H3,(H,19,21)(H,20,22);1H. The lowest BCUT2D eigenvalue weighted by atomic mass is 10.2. The Kier molecular flexibility index (Phi) is 10.6. The monoisotopic (exact) mass is 387 g/mol. The Morgan fingerprint density at radius 2 is 2.12 bits per heavy atom. The second kappa shape index (κ2) is 12.1. The van der Waals surface area contributed by atoms with Crippen LogP contribution in [0.5, 0.6) is 0 Å². The van der Waals surface area contributed by atoms with Gasteiger partial charge in [-0.05, 0) is 31.5 Å². The van der Waals surface area contributed by atoms with Gasteiger partial charge in [0.15, 0.2) is 0 Å². The average Bonchev–Trinajstić information content (AvgIpc) is 3.12. The number of benzene rings is 1. The third kappa shape index (κ3) is 7.64. The lowest BCUT2D eigenvalue weighted by Gasteiger charge is -2.13. The molecule has 0 spiro atoms. The molecule has 0 bridgehead atoms. The molecule has 6 nitrogen and oxygen atoms in total. The smallest absolute Gasteiger partial charge is 0.252 e. The van der Waals surface area contributed by atoms with Crippen LogP contribution in [-0.4, -0.2) is 57.0 Å². The van der Waals surface area contributed by atoms with E-state index in [-0.39, 0.29) is 30.0 Å². The Balaban J connectivity index is 0.00000312. The van der Waals surface area contributed by atoms with Crippen LogP contribution >= 0.6 is 24.2 Å². The van der Waals surface area contributed by atoms with Gasteiger partial charge in [0.2, 0.25) is 5.91 Å². The largest absolute Gasteiger partial charge is 0.383 e. The number of methoxy groups -OCH3 is 1. The molecule has 0 aromatic heterocycles. The molecule has 8 heteroatoms. The van der Waals surface area contributed by atoms with E-state index in [2.05, 4.69) is 16.0 Å². The van der Waals surface area contributed by atoms with Crippen molar-refractivity contribution >= 4 is 36.0 Å². The Labute approximate surface area is 159 Å². The maximum Gasteiger partial charge on any atom is 0.252 e. The van der Waals surface area contributed by atoms with E-state index < -0.39 is 0 Å². The number of halogens is 1. The minimum atomic E-state index is -0.0911. The van der Waals surface area contributed by atoms with Gasteiger partial charge in [-0.2, -0.15) is 0 Å². The second-order valence-electron chi connectivity index (χ2n) is 5.63. The maximum atomic E-state index is 12.4. The van der Waals surface area contributed by atoms with Gasteiger partial charge in [-0.25, -0.2) is 0 Å². The van der Waals surface area contributed by atoms with E-state index in [1.165, 1.54) is 11.8 Å². The van der Waals surface area contributed by atoms with Gasteiger partial charge >= 0.3 is 0 Å². The Morgan fingerprint density at radius 1 is 1.32 bits per heavy atom. The average molecular weight is 388 g/mol. The minimum absolute atomic E-state index is 0. The van der Waals surface area contributed by atoms with Crippen LogP contribution in [0.4, 0.5) is 0 Å². The van der Waals surface area contributed by atoms with Crippen LogP contribution in [0, 0.1) is 0 Å². The van der Waals surface area contributed by atoms with Gasteiger partial charge in [0.05, 0.1) is 17.9 Å². The van der Waals surface area contributed by atoms with E-state index in [9.17, 15) is 9.59 Å². The van der Waals surface area contributed by atoms with Crippen LogP contribution in [0.15, 0.2) is 29.2 Å². The first-order chi connectivity index (χ1) is 11.7. The van der Waals surface area contributed by atoms with Gasteiger partial charge in [0, 0.05) is 31.1 Å². The molecule has 1 saturated heterocycles. The van der Waals surface area contributed by atoms with Crippen molar-refractivity contribution in [1.82, 2.24) is 16.0 Å². The van der Waals surface area contributed by atoms with Crippen LogP contribution in [0.3, 0.4) is 0 Å². The maximum absolute atomic E-state index is 12.4. The molecule has 2 rings (SSSR count). The van der Waals surface area contributed by atoms with Gasteiger partial charge in [-0.1, -0.05) is 12.1 Å². The summed E-state index contributed by atoms with van der Waals surface area (Å²) in [4.78, 5) is 25.0. The number of rotatable bonds is 9. The summed E-state index contributed by atoms with van der Waals surface area (Å²) in [6.45, 7) is 2.64. The minimum Gasteiger partial charge on any atom is -0.383 e. The number of carbonyl (C=O) groups is 2. The Hall–Kier alpha value is -1.28. The van der Waals surface area contributed by atoms with E-state index in [1.807, 2.05) is 18.2 Å². The lowest BCUT2D eigenvalue weighted by molar-refractivity contribution is -0.118. The summed E-state index contributed by atoms with van der Waals surface area (Å²) >= 11 is 1.37. The molecule has 1 unspecified atom stereocenters. The lowest BCUT2D eigenvalue weighted by Crippen LogP contribution is -2.37. The summed E-state index contributed by atoms with van der Waals surface area (Å²) in [7, 11) is 1.59. The van der Waals surface area contributed by atoms with Gasteiger partial charge in [-0.3, -0.25) is 9.59 Å². The molecule has 0 saturated carbocycles. The fraction of sp³-hybridized carbons (Fsp3) is 0.529. The molecule has 1 fully saturated rings. The summed E-state index contributed by atoms with van der Waals surface area (Å²) in [6, 6.07) is 7.74. The van der Waals surface area contributed by atoms with Gasteiger partial charge < -0.3 is 20.7 Å². The molecule has 2 amide bonds. The first-order valence-corrected chi connectivity index (χ1v) is 9.18. The number of thioether (sulfide) groups is 1. The van der Waals surface area contributed by atoms with Crippen LogP contribution < -0.4 is 16.0 Å². The van der Waals surface area contributed by atoms with Crippen molar-refractivity contribution in [3.05, 3.63) is 29.8 Å². The van der Waals surface area contributed by atoms with E-state index in [0.29, 0.717) is 31.3 Å². The summed E-state index contributed by atoms with van der Waals surface area (Å²) in [6.07, 6.45) is 2.25. The van der Waals surface area contributed by atoms with Gasteiger partial charge in [-0.15, -0.1) is 24.2 Å². The molecule has 3 N–H and O–H groups in total. The fourth-order valence-corrected chi connectivity index (χ4v) is 3.39. The summed E-state index contributed by atoms with van der Waals surface area (Å²) in [5.74, 6) is 0.118. The summed E-state index contributed by atoms with van der Waals surface area (Å²) < 4.78 is 4.90. The molecular weight excluding hydrogens is 362 g/mol. The predicted molar refractivity (Wildman–Crippen MR) is 103 cm³/mol. The fourth-order valence-electron chi connectivity index (χ4n) is 2.51. The molecule has 1 aromatic rings. The van der Waals surface area contributed by atoms with Crippen molar-refractivity contribution in [2.24, 2.45) is 0 Å². The van der Waals surface area contributed by atoms with Crippen molar-refractivity contribution in [2.75, 3.05) is 39.1 Å². The van der Waals surface area contributed by atoms with Crippen molar-refractivity contribution in [3.8, 4) is 0 Å². The first kappa shape index (κ1) is 21.8. The molecule has 1 heterocycles. The number of amides is 2. The van der Waals surface area contributed by atoms with Crippen molar-refractivity contribution in [3.63, 3.8) is 0 Å². The molecule has 0 radical (unpaired) electrons. The molecular formula is C17H26ClN3O3S. The SMILES string of the molecule is COCCNC(=O)CSc1ccccc1C(=O)NCC1CCCN1.Cl. The zero-order chi connectivity index (χ0) is 17.2. The number of nitrogens with one attached hydrogen (secondary N) is 3. The molecule has 1 aliphatic rings. The first-order valence-electron chi connectivity index (χ1n) is 8.19. The van der Waals surface area contributed by atoms with E-state index >= 15 is 0 Å². The third-order valence-corrected chi connectivity index (χ3v) is 4.86. The quantitative estimate of drug-likeness (QED) is 0.441. The van der Waals surface area contributed by atoms with Crippen LogP contribution in [-0.2, 0) is 9.53 Å². The molecule has 0 aliphatic carbocycles. The summed E-state index contributed by atoms with van der Waals surface area (Å²) in [5.41, 5.74) is 0.616. The second-order valence-corrected chi connectivity index (χ2v) is 6.65. The van der Waals surface area contributed by atoms with Gasteiger partial charge in [0.1, 0.15) is 0 Å². The highest BCUT2D eigenvalue weighted by atomic mass is 35.5. The molecule has 25 heavy (non-hydrogen) atoms. The van der Waals surface area contributed by atoms with E-state index in [1.54, 1.807) is 13.2 Å². The normalized spacial score (nSPS) is 16.1. The highest BCUT2D eigenvalue weighted by Crippen LogP contribution is 2.22. The third-order valence-electron chi connectivity index (χ3n) is 3.79. The zero-order valence-corrected chi connectivity index (χ0v) is 16.0. The highest BCUT2D eigenvalue weighted by molar-refractivity contribution is 8.00. The van der Waals surface area contributed by atoms with Crippen molar-refractivity contribution in [1.29, 1.82) is 0 Å². The number of hydrogen-bond acceptors (Lipinski definition) is 5. The highest BCUT2D eigenvalue weighted by Gasteiger charge is 2.17. The van der Waals surface area contributed by atoms with Crippen LogP contribution in [0.2, 0.25) is 0 Å². The Bertz CT molecular complexity index is 554. The topological polar surface area (TPSA) is 79.5 Å². The van der Waals surface area contributed by atoms with E-state index in [4.69, 9.17) is 4.74 Å². The van der Waals surface area contributed by atoms with Crippen LogP contribution in [0.25, 0.3) is 0 Å². The Morgan fingerprint density at radius 3 is 2.84 bits per heavy atom. The molecule has 1 aliphatic heterocycles. The van der Waals surface area contributed by atoms with Crippen LogP contribution in [0.1, 0.15) is 23.2 Å². The summed E-state index contributed by atoms with van der Waals surface area (Å²) in [5, 5.41) is 9.11. The molecule has 1 aromatic carbocycles. The van der Waals surface area contributed by atoms with E-state index in [0.717, 1.165) is 24.3 Å². The number of hydrogen-bond donors (Lipinski definition) is 3.